The second-order valence-corrected chi connectivity index (χ2v) is 6.10. The summed E-state index contributed by atoms with van der Waals surface area (Å²) < 4.78 is 25.7. The highest BCUT2D eigenvalue weighted by Crippen LogP contribution is 2.41. The van der Waals surface area contributed by atoms with Crippen LogP contribution in [0.3, 0.4) is 0 Å². The fourth-order valence-corrected chi connectivity index (χ4v) is 3.48. The third-order valence-electron chi connectivity index (χ3n) is 4.58. The summed E-state index contributed by atoms with van der Waals surface area (Å²) in [7, 11) is 0. The predicted molar refractivity (Wildman–Crippen MR) is 76.0 cm³/mol. The largest absolute Gasteiger partial charge is 0.316 e. The molecule has 1 N–H and O–H groups in total. The molecule has 1 saturated heterocycles. The maximum Gasteiger partial charge on any atom is 0.255 e. The maximum absolute atomic E-state index is 12.9. The van der Waals surface area contributed by atoms with Crippen LogP contribution in [0.1, 0.15) is 43.0 Å². The minimum Gasteiger partial charge on any atom is -0.316 e. The van der Waals surface area contributed by atoms with E-state index in [0.717, 1.165) is 36.8 Å². The maximum atomic E-state index is 12.9. The first-order valence-electron chi connectivity index (χ1n) is 7.45. The lowest BCUT2D eigenvalue weighted by molar-refractivity contribution is -0.135. The highest BCUT2D eigenvalue weighted by Gasteiger charge is 2.52. The average molecular weight is 294 g/mol. The number of amides is 1. The van der Waals surface area contributed by atoms with Gasteiger partial charge < -0.3 is 4.90 Å². The number of carbonyl (C=O) groups excluding carboxylic acids is 1. The number of halogens is 2. The van der Waals surface area contributed by atoms with Gasteiger partial charge in [0.2, 0.25) is 5.91 Å². The fraction of sp³-hybridized carbons (Fsp3) is 0.562. The molecular weight excluding hydrogens is 274 g/mol. The van der Waals surface area contributed by atoms with Crippen LogP contribution in [0.25, 0.3) is 0 Å². The molecule has 0 aromatic heterocycles. The van der Waals surface area contributed by atoms with Crippen molar-refractivity contribution in [3.63, 3.8) is 0 Å². The number of rotatable bonds is 3. The molecule has 1 aromatic carbocycles. The van der Waals surface area contributed by atoms with Crippen LogP contribution in [0.5, 0.6) is 0 Å². The molecule has 2 aliphatic rings. The zero-order chi connectivity index (χ0) is 15.0. The third-order valence-corrected chi connectivity index (χ3v) is 4.58. The smallest absolute Gasteiger partial charge is 0.255 e. The van der Waals surface area contributed by atoms with Gasteiger partial charge in [0.25, 0.3) is 6.43 Å². The van der Waals surface area contributed by atoms with Crippen molar-refractivity contribution in [3.8, 4) is 0 Å². The fourth-order valence-electron chi connectivity index (χ4n) is 3.48. The van der Waals surface area contributed by atoms with Gasteiger partial charge in [-0.2, -0.15) is 0 Å². The van der Waals surface area contributed by atoms with E-state index in [0.29, 0.717) is 0 Å². The molecule has 0 bridgehead atoms. The van der Waals surface area contributed by atoms with Gasteiger partial charge >= 0.3 is 0 Å². The van der Waals surface area contributed by atoms with E-state index in [2.05, 4.69) is 5.32 Å². The van der Waals surface area contributed by atoms with Gasteiger partial charge in [-0.1, -0.05) is 42.7 Å². The molecule has 1 aliphatic heterocycles. The molecule has 3 nitrogen and oxygen atoms in total. The molecule has 114 valence electrons. The monoisotopic (exact) mass is 294 g/mol. The Labute approximate surface area is 123 Å². The second kappa shape index (κ2) is 5.37. The highest BCUT2D eigenvalue weighted by molar-refractivity contribution is 5.89. The topological polar surface area (TPSA) is 32.3 Å². The second-order valence-electron chi connectivity index (χ2n) is 6.10. The first-order chi connectivity index (χ1) is 10.0. The van der Waals surface area contributed by atoms with E-state index < -0.39 is 24.7 Å². The molecule has 1 aromatic rings. The summed E-state index contributed by atoms with van der Waals surface area (Å²) in [5, 5.41) is 3.35. The number of nitrogens with zero attached hydrogens (tertiary/aromatic N) is 1. The minimum absolute atomic E-state index is 0.161. The number of carbonyl (C=O) groups is 1. The molecule has 1 unspecified atom stereocenters. The lowest BCUT2D eigenvalue weighted by Gasteiger charge is -2.24. The van der Waals surface area contributed by atoms with Crippen molar-refractivity contribution >= 4 is 5.91 Å². The number of hydrogen-bond donors (Lipinski definition) is 1. The van der Waals surface area contributed by atoms with E-state index in [9.17, 15) is 13.6 Å². The van der Waals surface area contributed by atoms with Crippen LogP contribution in [0.4, 0.5) is 8.78 Å². The van der Waals surface area contributed by atoms with Crippen LogP contribution >= 0.6 is 0 Å². The summed E-state index contributed by atoms with van der Waals surface area (Å²) in [4.78, 5) is 14.0. The lowest BCUT2D eigenvalue weighted by atomic mass is 9.98. The molecule has 3 rings (SSSR count). The number of aryl methyl sites for hydroxylation is 1. The van der Waals surface area contributed by atoms with Crippen molar-refractivity contribution < 1.29 is 13.6 Å². The normalized spacial score (nSPS) is 24.5. The first kappa shape index (κ1) is 14.4. The van der Waals surface area contributed by atoms with Crippen LogP contribution < -0.4 is 5.32 Å². The van der Waals surface area contributed by atoms with E-state index in [1.54, 1.807) is 0 Å². The standard InChI is InChI=1S/C16H20F2N2O/c1-11-4-6-12(7-5-11)14-19-16(8-2-3-9-16)15(21)20(14)10-13(17)18/h4-7,13-14,19H,2-3,8-10H2,1H3. The van der Waals surface area contributed by atoms with E-state index in [-0.39, 0.29) is 5.91 Å². The van der Waals surface area contributed by atoms with Gasteiger partial charge in [-0.15, -0.1) is 0 Å². The molecule has 5 heteroatoms. The number of alkyl halides is 2. The molecule has 1 atom stereocenters. The summed E-state index contributed by atoms with van der Waals surface area (Å²) >= 11 is 0. The number of nitrogens with one attached hydrogen (secondary N) is 1. The molecule has 0 radical (unpaired) electrons. The quantitative estimate of drug-likeness (QED) is 0.929. The van der Waals surface area contributed by atoms with Crippen molar-refractivity contribution in [2.24, 2.45) is 0 Å². The number of benzene rings is 1. The van der Waals surface area contributed by atoms with Gasteiger partial charge in [0.15, 0.2) is 0 Å². The van der Waals surface area contributed by atoms with Crippen LogP contribution in [0.15, 0.2) is 24.3 Å². The summed E-state index contributed by atoms with van der Waals surface area (Å²) in [6.45, 7) is 1.47. The van der Waals surface area contributed by atoms with Crippen LogP contribution in [0, 0.1) is 6.92 Å². The Hall–Kier alpha value is -1.49. The van der Waals surface area contributed by atoms with Crippen LogP contribution in [-0.2, 0) is 4.79 Å². The van der Waals surface area contributed by atoms with E-state index in [1.165, 1.54) is 4.90 Å². The van der Waals surface area contributed by atoms with Crippen molar-refractivity contribution in [2.75, 3.05) is 6.54 Å². The van der Waals surface area contributed by atoms with Crippen molar-refractivity contribution in [2.45, 2.75) is 50.7 Å². The van der Waals surface area contributed by atoms with E-state index in [4.69, 9.17) is 0 Å². The van der Waals surface area contributed by atoms with Crippen molar-refractivity contribution in [1.82, 2.24) is 10.2 Å². The summed E-state index contributed by atoms with van der Waals surface area (Å²) in [6, 6.07) is 7.71. The summed E-state index contributed by atoms with van der Waals surface area (Å²) in [5.41, 5.74) is 1.36. The Morgan fingerprint density at radius 3 is 2.48 bits per heavy atom. The van der Waals surface area contributed by atoms with Gasteiger partial charge in [-0.25, -0.2) is 8.78 Å². The summed E-state index contributed by atoms with van der Waals surface area (Å²) in [5.74, 6) is -0.161. The van der Waals surface area contributed by atoms with Gasteiger partial charge in [0.05, 0.1) is 12.1 Å². The molecule has 2 fully saturated rings. The molecule has 1 aliphatic carbocycles. The van der Waals surface area contributed by atoms with Crippen molar-refractivity contribution in [3.05, 3.63) is 35.4 Å². The molecule has 21 heavy (non-hydrogen) atoms. The Kier molecular flexibility index (Phi) is 3.69. The Morgan fingerprint density at radius 2 is 1.90 bits per heavy atom. The third kappa shape index (κ3) is 2.55. The Morgan fingerprint density at radius 1 is 1.29 bits per heavy atom. The van der Waals surface area contributed by atoms with E-state index >= 15 is 0 Å². The Bertz CT molecular complexity index is 524. The minimum atomic E-state index is -2.51. The zero-order valence-corrected chi connectivity index (χ0v) is 12.1. The lowest BCUT2D eigenvalue weighted by Crippen LogP contribution is -2.44. The van der Waals surface area contributed by atoms with Crippen molar-refractivity contribution in [1.29, 1.82) is 0 Å². The van der Waals surface area contributed by atoms with Gasteiger partial charge in [0, 0.05) is 0 Å². The average Bonchev–Trinajstić information content (AvgIpc) is 3.01. The van der Waals surface area contributed by atoms with Crippen LogP contribution in [0.2, 0.25) is 0 Å². The molecule has 1 amide bonds. The van der Waals surface area contributed by atoms with Gasteiger partial charge in [-0.05, 0) is 25.3 Å². The SMILES string of the molecule is Cc1ccc(C2NC3(CCCC3)C(=O)N2CC(F)F)cc1. The van der Waals surface area contributed by atoms with Crippen LogP contribution in [-0.4, -0.2) is 29.3 Å². The molecule has 1 spiro atoms. The predicted octanol–water partition coefficient (Wildman–Crippen LogP) is 3.00. The van der Waals surface area contributed by atoms with Gasteiger partial charge in [0.1, 0.15) is 6.17 Å². The highest BCUT2D eigenvalue weighted by atomic mass is 19.3. The first-order valence-corrected chi connectivity index (χ1v) is 7.45. The number of hydrogen-bond acceptors (Lipinski definition) is 2. The molecule has 1 saturated carbocycles. The Balaban J connectivity index is 1.92. The molecule has 1 heterocycles. The van der Waals surface area contributed by atoms with E-state index in [1.807, 2.05) is 31.2 Å². The zero-order valence-electron chi connectivity index (χ0n) is 12.1. The molecular formula is C16H20F2N2O. The van der Waals surface area contributed by atoms with Gasteiger partial charge in [-0.3, -0.25) is 10.1 Å². The summed E-state index contributed by atoms with van der Waals surface area (Å²) in [6.07, 6.45) is 0.483.